The number of nitrogens with zero attached hydrogens (tertiary/aromatic N) is 3. The highest BCUT2D eigenvalue weighted by molar-refractivity contribution is 7.99. The van der Waals surface area contributed by atoms with Crippen LogP contribution in [0.3, 0.4) is 0 Å². The first kappa shape index (κ1) is 22.6. The van der Waals surface area contributed by atoms with Crippen LogP contribution in [-0.4, -0.2) is 34.7 Å². The van der Waals surface area contributed by atoms with Crippen molar-refractivity contribution >= 4 is 11.8 Å². The van der Waals surface area contributed by atoms with Crippen LogP contribution in [0.15, 0.2) is 88.6 Å². The van der Waals surface area contributed by atoms with Gasteiger partial charge in [-0.2, -0.15) is 10.1 Å². The summed E-state index contributed by atoms with van der Waals surface area (Å²) in [5.41, 5.74) is 2.50. The van der Waals surface area contributed by atoms with E-state index in [4.69, 9.17) is 14.6 Å². The Balaban J connectivity index is 1.63. The van der Waals surface area contributed by atoms with Crippen molar-refractivity contribution in [2.75, 3.05) is 20.0 Å². The molecule has 168 valence electrons. The van der Waals surface area contributed by atoms with Gasteiger partial charge in [-0.05, 0) is 72.8 Å². The summed E-state index contributed by atoms with van der Waals surface area (Å²) in [6, 6.07) is 25.3. The molecule has 0 unspecified atom stereocenters. The smallest absolute Gasteiger partial charge is 0.364 e. The Morgan fingerprint density at radius 3 is 1.94 bits per heavy atom. The lowest BCUT2D eigenvalue weighted by Crippen LogP contribution is -2.27. The zero-order valence-electron chi connectivity index (χ0n) is 18.6. The summed E-state index contributed by atoms with van der Waals surface area (Å²) in [7, 11) is 3.25. The predicted octanol–water partition coefficient (Wildman–Crippen LogP) is 5.17. The maximum absolute atomic E-state index is 12.8. The zero-order chi connectivity index (χ0) is 23.0. The molecule has 3 aromatic carbocycles. The molecular formula is C26H25N3O3S. The SMILES string of the molecule is COc1ccc(-c2nc(=O)n(CCCSc3ccccc3)nc2-c2ccc(OC)cc2)cc1. The molecule has 0 radical (unpaired) electrons. The molecule has 0 N–H and O–H groups in total. The average Bonchev–Trinajstić information content (AvgIpc) is 2.88. The van der Waals surface area contributed by atoms with Crippen molar-refractivity contribution in [1.82, 2.24) is 14.8 Å². The molecule has 0 atom stereocenters. The summed E-state index contributed by atoms with van der Waals surface area (Å²) in [5, 5.41) is 4.72. The molecule has 7 heteroatoms. The minimum Gasteiger partial charge on any atom is -0.497 e. The zero-order valence-corrected chi connectivity index (χ0v) is 19.4. The molecular weight excluding hydrogens is 434 g/mol. The van der Waals surface area contributed by atoms with Gasteiger partial charge < -0.3 is 9.47 Å². The topological polar surface area (TPSA) is 66.2 Å². The van der Waals surface area contributed by atoms with Crippen molar-refractivity contribution < 1.29 is 9.47 Å². The molecule has 0 bridgehead atoms. The molecule has 0 amide bonds. The second-order valence-corrected chi connectivity index (χ2v) is 8.46. The molecule has 6 nitrogen and oxygen atoms in total. The summed E-state index contributed by atoms with van der Waals surface area (Å²) in [6.07, 6.45) is 0.804. The van der Waals surface area contributed by atoms with Crippen molar-refractivity contribution in [3.63, 3.8) is 0 Å². The lowest BCUT2D eigenvalue weighted by Gasteiger charge is -2.12. The van der Waals surface area contributed by atoms with Crippen LogP contribution in [0, 0.1) is 0 Å². The number of benzene rings is 3. The lowest BCUT2D eigenvalue weighted by molar-refractivity contribution is 0.414. The highest BCUT2D eigenvalue weighted by Crippen LogP contribution is 2.30. The van der Waals surface area contributed by atoms with Crippen molar-refractivity contribution in [1.29, 1.82) is 0 Å². The van der Waals surface area contributed by atoms with Gasteiger partial charge in [0.05, 0.1) is 14.2 Å². The molecule has 0 aliphatic carbocycles. The van der Waals surface area contributed by atoms with Gasteiger partial charge in [0.15, 0.2) is 0 Å². The number of hydrogen-bond donors (Lipinski definition) is 0. The van der Waals surface area contributed by atoms with Gasteiger partial charge in [0.25, 0.3) is 0 Å². The molecule has 1 aromatic heterocycles. The van der Waals surface area contributed by atoms with Gasteiger partial charge in [-0.15, -0.1) is 11.8 Å². The fraction of sp³-hybridized carbons (Fsp3) is 0.192. The van der Waals surface area contributed by atoms with Gasteiger partial charge in [0.1, 0.15) is 22.9 Å². The van der Waals surface area contributed by atoms with Crippen LogP contribution in [0.1, 0.15) is 6.42 Å². The number of aryl methyl sites for hydroxylation is 1. The van der Waals surface area contributed by atoms with Crippen LogP contribution in [0.25, 0.3) is 22.5 Å². The summed E-state index contributed by atoms with van der Waals surface area (Å²) in [6.45, 7) is 0.498. The van der Waals surface area contributed by atoms with Gasteiger partial charge in [-0.3, -0.25) is 0 Å². The number of rotatable bonds is 9. The van der Waals surface area contributed by atoms with E-state index in [1.807, 2.05) is 66.7 Å². The second-order valence-electron chi connectivity index (χ2n) is 7.29. The first-order valence-corrected chi connectivity index (χ1v) is 11.6. The molecule has 4 rings (SSSR count). The van der Waals surface area contributed by atoms with Crippen molar-refractivity contribution in [2.24, 2.45) is 0 Å². The summed E-state index contributed by atoms with van der Waals surface area (Å²) < 4.78 is 12.0. The van der Waals surface area contributed by atoms with Crippen LogP contribution in [0.4, 0.5) is 0 Å². The molecule has 4 aromatic rings. The van der Waals surface area contributed by atoms with Crippen LogP contribution in [0.5, 0.6) is 11.5 Å². The van der Waals surface area contributed by atoms with E-state index in [2.05, 4.69) is 17.1 Å². The Bertz CT molecular complexity index is 1240. The summed E-state index contributed by atoms with van der Waals surface area (Å²) in [5.74, 6) is 2.38. The third kappa shape index (κ3) is 5.62. The number of aromatic nitrogens is 3. The molecule has 0 saturated heterocycles. The van der Waals surface area contributed by atoms with Gasteiger partial charge in [0, 0.05) is 22.6 Å². The largest absolute Gasteiger partial charge is 0.497 e. The second kappa shape index (κ2) is 10.8. The van der Waals surface area contributed by atoms with E-state index in [-0.39, 0.29) is 5.69 Å². The normalized spacial score (nSPS) is 10.7. The monoisotopic (exact) mass is 459 g/mol. The summed E-state index contributed by atoms with van der Waals surface area (Å²) >= 11 is 1.76. The minimum absolute atomic E-state index is 0.359. The van der Waals surface area contributed by atoms with E-state index in [0.717, 1.165) is 34.8 Å². The Labute approximate surface area is 197 Å². The molecule has 0 aliphatic heterocycles. The van der Waals surface area contributed by atoms with Crippen LogP contribution < -0.4 is 15.2 Å². The van der Waals surface area contributed by atoms with Crippen molar-refractivity contribution in [3.05, 3.63) is 89.3 Å². The molecule has 0 saturated carbocycles. The lowest BCUT2D eigenvalue weighted by atomic mass is 10.0. The summed E-state index contributed by atoms with van der Waals surface area (Å²) in [4.78, 5) is 18.5. The Morgan fingerprint density at radius 2 is 1.36 bits per heavy atom. The molecule has 33 heavy (non-hydrogen) atoms. The quantitative estimate of drug-likeness (QED) is 0.254. The van der Waals surface area contributed by atoms with Gasteiger partial charge in [0.2, 0.25) is 0 Å². The molecule has 0 fully saturated rings. The van der Waals surface area contributed by atoms with Crippen LogP contribution >= 0.6 is 11.8 Å². The number of ether oxygens (including phenoxy) is 2. The van der Waals surface area contributed by atoms with Crippen molar-refractivity contribution in [2.45, 2.75) is 17.9 Å². The first-order chi connectivity index (χ1) is 16.2. The van der Waals surface area contributed by atoms with E-state index in [1.165, 1.54) is 9.58 Å². The third-order valence-corrected chi connectivity index (χ3v) is 6.22. The minimum atomic E-state index is -0.359. The molecule has 1 heterocycles. The van der Waals surface area contributed by atoms with E-state index in [0.29, 0.717) is 17.9 Å². The van der Waals surface area contributed by atoms with E-state index >= 15 is 0 Å². The van der Waals surface area contributed by atoms with Crippen LogP contribution in [0.2, 0.25) is 0 Å². The molecule has 0 aliphatic rings. The van der Waals surface area contributed by atoms with Crippen LogP contribution in [-0.2, 0) is 6.54 Å². The fourth-order valence-electron chi connectivity index (χ4n) is 3.38. The fourth-order valence-corrected chi connectivity index (χ4v) is 4.24. The number of thioether (sulfide) groups is 1. The van der Waals surface area contributed by atoms with Crippen molar-refractivity contribution in [3.8, 4) is 34.0 Å². The Hall–Kier alpha value is -3.58. The highest BCUT2D eigenvalue weighted by Gasteiger charge is 2.15. The Morgan fingerprint density at radius 1 is 0.788 bits per heavy atom. The van der Waals surface area contributed by atoms with Gasteiger partial charge in [-0.25, -0.2) is 9.48 Å². The molecule has 0 spiro atoms. The number of hydrogen-bond acceptors (Lipinski definition) is 6. The predicted molar refractivity (Wildman–Crippen MR) is 132 cm³/mol. The average molecular weight is 460 g/mol. The maximum Gasteiger partial charge on any atom is 0.364 e. The van der Waals surface area contributed by atoms with E-state index < -0.39 is 0 Å². The Kier molecular flexibility index (Phi) is 7.42. The third-order valence-electron chi connectivity index (χ3n) is 5.13. The van der Waals surface area contributed by atoms with Gasteiger partial charge in [-0.1, -0.05) is 18.2 Å². The number of methoxy groups -OCH3 is 2. The standard InChI is InChI=1S/C26H25N3O3S/c1-31-21-13-9-19(10-14-21)24-25(20-11-15-22(32-2)16-12-20)28-29(26(30)27-24)17-6-18-33-23-7-4-3-5-8-23/h3-5,7-16H,6,17-18H2,1-2H3. The van der Waals surface area contributed by atoms with E-state index in [9.17, 15) is 4.79 Å². The van der Waals surface area contributed by atoms with E-state index in [1.54, 1.807) is 26.0 Å². The van der Waals surface area contributed by atoms with Gasteiger partial charge >= 0.3 is 5.69 Å². The highest BCUT2D eigenvalue weighted by atomic mass is 32.2. The first-order valence-electron chi connectivity index (χ1n) is 10.6. The maximum atomic E-state index is 12.8.